The van der Waals surface area contributed by atoms with E-state index in [1.807, 2.05) is 24.3 Å². The van der Waals surface area contributed by atoms with E-state index in [1.165, 1.54) is 32.1 Å². The highest BCUT2D eigenvalue weighted by molar-refractivity contribution is 6.30. The van der Waals surface area contributed by atoms with Gasteiger partial charge < -0.3 is 5.32 Å². The first-order valence-electron chi connectivity index (χ1n) is 9.72. The van der Waals surface area contributed by atoms with Crippen molar-refractivity contribution in [3.8, 4) is 0 Å². The minimum absolute atomic E-state index is 0.0721. The van der Waals surface area contributed by atoms with Crippen LogP contribution in [0.25, 0.3) is 0 Å². The molecule has 4 aliphatic rings. The zero-order valence-electron chi connectivity index (χ0n) is 14.8. The molecule has 0 unspecified atom stereocenters. The molecule has 0 atom stereocenters. The standard InChI is InChI=1S/C21H24ClN3O/c22-19-10-23-25(12-19)11-13-2-1-3-16(5-13)21(26)24-20-17-6-14-4-15(8-17)9-18(20)7-14/h1-3,5,10,12,14-15,17-18,20H,4,6-9,11H2,(H,24,26). The lowest BCUT2D eigenvalue weighted by molar-refractivity contribution is -0.0119. The molecule has 4 bridgehead atoms. The summed E-state index contributed by atoms with van der Waals surface area (Å²) in [5.74, 6) is 3.32. The second kappa shape index (κ2) is 6.41. The molecule has 1 aromatic carbocycles. The number of nitrogens with one attached hydrogen (secondary N) is 1. The van der Waals surface area contributed by atoms with E-state index >= 15 is 0 Å². The fourth-order valence-corrected chi connectivity index (χ4v) is 5.97. The molecule has 0 spiro atoms. The molecule has 4 nitrogen and oxygen atoms in total. The van der Waals surface area contributed by atoms with Gasteiger partial charge in [0.2, 0.25) is 0 Å². The molecular formula is C21H24ClN3O. The third-order valence-corrected chi connectivity index (χ3v) is 6.86. The summed E-state index contributed by atoms with van der Waals surface area (Å²) in [4.78, 5) is 12.9. The Bertz CT molecular complexity index is 802. The molecule has 4 fully saturated rings. The smallest absolute Gasteiger partial charge is 0.251 e. The number of nitrogens with zero attached hydrogens (tertiary/aromatic N) is 2. The van der Waals surface area contributed by atoms with Gasteiger partial charge in [-0.3, -0.25) is 9.48 Å². The van der Waals surface area contributed by atoms with Gasteiger partial charge in [-0.15, -0.1) is 0 Å². The first-order valence-corrected chi connectivity index (χ1v) is 10.1. The van der Waals surface area contributed by atoms with Crippen molar-refractivity contribution in [2.45, 2.75) is 44.7 Å². The highest BCUT2D eigenvalue weighted by Gasteiger charge is 2.48. The van der Waals surface area contributed by atoms with Gasteiger partial charge >= 0.3 is 0 Å². The molecule has 1 amide bonds. The Morgan fingerprint density at radius 3 is 2.54 bits per heavy atom. The molecular weight excluding hydrogens is 346 g/mol. The monoisotopic (exact) mass is 369 g/mol. The summed E-state index contributed by atoms with van der Waals surface area (Å²) in [6.07, 6.45) is 10.1. The number of aromatic nitrogens is 2. The van der Waals surface area contributed by atoms with Crippen molar-refractivity contribution in [1.82, 2.24) is 15.1 Å². The zero-order valence-corrected chi connectivity index (χ0v) is 15.5. The normalized spacial score (nSPS) is 32.0. The van der Waals surface area contributed by atoms with E-state index in [2.05, 4.69) is 10.4 Å². The quantitative estimate of drug-likeness (QED) is 0.880. The Balaban J connectivity index is 1.29. The fraction of sp³-hybridized carbons (Fsp3) is 0.524. The van der Waals surface area contributed by atoms with E-state index in [-0.39, 0.29) is 5.91 Å². The number of hydrogen-bond donors (Lipinski definition) is 1. The van der Waals surface area contributed by atoms with Crippen LogP contribution >= 0.6 is 11.6 Å². The molecule has 1 aromatic heterocycles. The van der Waals surface area contributed by atoms with Crippen molar-refractivity contribution in [2.24, 2.45) is 23.7 Å². The first kappa shape index (κ1) is 16.4. The van der Waals surface area contributed by atoms with E-state index in [0.29, 0.717) is 29.4 Å². The largest absolute Gasteiger partial charge is 0.349 e. The van der Waals surface area contributed by atoms with Gasteiger partial charge in [-0.1, -0.05) is 23.7 Å². The van der Waals surface area contributed by atoms with E-state index < -0.39 is 0 Å². The van der Waals surface area contributed by atoms with Crippen LogP contribution in [0, 0.1) is 23.7 Å². The van der Waals surface area contributed by atoms with Gasteiger partial charge in [0.05, 0.1) is 17.8 Å². The average Bonchev–Trinajstić information content (AvgIpc) is 3.02. The van der Waals surface area contributed by atoms with Gasteiger partial charge in [-0.2, -0.15) is 5.10 Å². The first-order chi connectivity index (χ1) is 12.6. The zero-order chi connectivity index (χ0) is 17.7. The van der Waals surface area contributed by atoms with Gasteiger partial charge in [-0.25, -0.2) is 0 Å². The van der Waals surface area contributed by atoms with Crippen LogP contribution in [0.5, 0.6) is 0 Å². The molecule has 6 rings (SSSR count). The Morgan fingerprint density at radius 2 is 1.88 bits per heavy atom. The van der Waals surface area contributed by atoms with Crippen molar-refractivity contribution in [3.63, 3.8) is 0 Å². The highest BCUT2D eigenvalue weighted by Crippen LogP contribution is 2.53. The summed E-state index contributed by atoms with van der Waals surface area (Å²) >= 11 is 5.93. The van der Waals surface area contributed by atoms with Crippen LogP contribution in [0.3, 0.4) is 0 Å². The van der Waals surface area contributed by atoms with Gasteiger partial charge in [-0.05, 0) is 73.5 Å². The van der Waals surface area contributed by atoms with Crippen molar-refractivity contribution in [2.75, 3.05) is 0 Å². The third kappa shape index (κ3) is 3.05. The van der Waals surface area contributed by atoms with Crippen LogP contribution in [-0.4, -0.2) is 21.7 Å². The van der Waals surface area contributed by atoms with Gasteiger partial charge in [0.1, 0.15) is 0 Å². The van der Waals surface area contributed by atoms with Crippen molar-refractivity contribution < 1.29 is 4.79 Å². The molecule has 0 saturated heterocycles. The number of halogens is 1. The minimum atomic E-state index is 0.0721. The van der Waals surface area contributed by atoms with Crippen LogP contribution in [-0.2, 0) is 6.54 Å². The molecule has 4 aliphatic carbocycles. The minimum Gasteiger partial charge on any atom is -0.349 e. The molecule has 0 aliphatic heterocycles. The van der Waals surface area contributed by atoms with Gasteiger partial charge in [0.15, 0.2) is 0 Å². The van der Waals surface area contributed by atoms with Crippen LogP contribution in [0.1, 0.15) is 48.0 Å². The number of rotatable bonds is 4. The molecule has 2 aromatic rings. The fourth-order valence-electron chi connectivity index (χ4n) is 5.82. The average molecular weight is 370 g/mol. The molecule has 1 N–H and O–H groups in total. The molecule has 4 saturated carbocycles. The lowest BCUT2D eigenvalue weighted by atomic mass is 9.54. The highest BCUT2D eigenvalue weighted by atomic mass is 35.5. The van der Waals surface area contributed by atoms with Gasteiger partial charge in [0, 0.05) is 17.8 Å². The number of benzene rings is 1. The number of hydrogen-bond acceptors (Lipinski definition) is 2. The van der Waals surface area contributed by atoms with E-state index in [9.17, 15) is 4.79 Å². The number of carbonyl (C=O) groups excluding carboxylic acids is 1. The lowest BCUT2D eigenvalue weighted by Gasteiger charge is -2.54. The third-order valence-electron chi connectivity index (χ3n) is 6.66. The van der Waals surface area contributed by atoms with Crippen LogP contribution in [0.2, 0.25) is 5.02 Å². The molecule has 1 heterocycles. The molecule has 0 radical (unpaired) electrons. The van der Waals surface area contributed by atoms with Crippen LogP contribution in [0.15, 0.2) is 36.7 Å². The van der Waals surface area contributed by atoms with Crippen molar-refractivity contribution in [1.29, 1.82) is 0 Å². The maximum Gasteiger partial charge on any atom is 0.251 e. The summed E-state index contributed by atoms with van der Waals surface area (Å²) in [5.41, 5.74) is 1.80. The van der Waals surface area contributed by atoms with Crippen molar-refractivity contribution in [3.05, 3.63) is 52.8 Å². The molecule has 26 heavy (non-hydrogen) atoms. The summed E-state index contributed by atoms with van der Waals surface area (Å²) in [6.45, 7) is 0.617. The van der Waals surface area contributed by atoms with Gasteiger partial charge in [0.25, 0.3) is 5.91 Å². The van der Waals surface area contributed by atoms with Crippen LogP contribution in [0.4, 0.5) is 0 Å². The predicted octanol–water partition coefficient (Wildman–Crippen LogP) is 4.14. The Labute approximate surface area is 158 Å². The number of amides is 1. The lowest BCUT2D eigenvalue weighted by Crippen LogP contribution is -2.55. The van der Waals surface area contributed by atoms with Crippen molar-refractivity contribution >= 4 is 17.5 Å². The van der Waals surface area contributed by atoms with E-state index in [1.54, 1.807) is 17.1 Å². The Hall–Kier alpha value is -1.81. The topological polar surface area (TPSA) is 46.9 Å². The SMILES string of the molecule is O=C(NC1C2CC3CC(C2)CC1C3)c1cccc(Cn2cc(Cl)cn2)c1. The van der Waals surface area contributed by atoms with Crippen LogP contribution < -0.4 is 5.32 Å². The number of carbonyl (C=O) groups is 1. The maximum absolute atomic E-state index is 12.9. The Kier molecular flexibility index (Phi) is 4.04. The van der Waals surface area contributed by atoms with E-state index in [0.717, 1.165) is 23.0 Å². The molecule has 136 valence electrons. The summed E-state index contributed by atoms with van der Waals surface area (Å²) < 4.78 is 1.79. The van der Waals surface area contributed by atoms with E-state index in [4.69, 9.17) is 11.6 Å². The summed E-state index contributed by atoms with van der Waals surface area (Å²) in [5, 5.41) is 8.23. The summed E-state index contributed by atoms with van der Waals surface area (Å²) in [6, 6.07) is 8.23. The molecule has 5 heteroatoms. The second-order valence-corrected chi connectivity index (χ2v) is 8.92. The maximum atomic E-state index is 12.9. The summed E-state index contributed by atoms with van der Waals surface area (Å²) in [7, 11) is 0. The predicted molar refractivity (Wildman–Crippen MR) is 101 cm³/mol. The second-order valence-electron chi connectivity index (χ2n) is 8.49. The Morgan fingerprint density at radius 1 is 1.15 bits per heavy atom.